The van der Waals surface area contributed by atoms with Crippen molar-refractivity contribution in [3.05, 3.63) is 22.6 Å². The third-order valence-corrected chi connectivity index (χ3v) is 4.77. The van der Waals surface area contributed by atoms with Gasteiger partial charge in [0.25, 0.3) is 5.56 Å². The number of nitrogens with one attached hydrogen (secondary N) is 1. The summed E-state index contributed by atoms with van der Waals surface area (Å²) in [6.45, 7) is 7.46. The number of anilines is 1. The van der Waals surface area contributed by atoms with E-state index in [-0.39, 0.29) is 11.5 Å². The Morgan fingerprint density at radius 2 is 2.25 bits per heavy atom. The quantitative estimate of drug-likeness (QED) is 0.784. The van der Waals surface area contributed by atoms with E-state index in [9.17, 15) is 9.59 Å². The summed E-state index contributed by atoms with van der Waals surface area (Å²) < 4.78 is 1.32. The van der Waals surface area contributed by atoms with E-state index >= 15 is 0 Å². The lowest BCUT2D eigenvalue weighted by molar-refractivity contribution is -0.121. The van der Waals surface area contributed by atoms with Gasteiger partial charge in [-0.1, -0.05) is 0 Å². The summed E-state index contributed by atoms with van der Waals surface area (Å²) in [6, 6.07) is 2.07. The highest BCUT2D eigenvalue weighted by molar-refractivity contribution is 5.76. The molecule has 2 rings (SSSR count). The molecule has 1 saturated heterocycles. The number of aromatic nitrogens is 2. The number of hydrogen-bond donors (Lipinski definition) is 1. The molecule has 7 heteroatoms. The SMILES string of the molecule is CC(C)N(C)CCC(=O)NCC1CCN(c2cnn(C)c(=O)c2)C1. The van der Waals surface area contributed by atoms with Gasteiger partial charge in [0.1, 0.15) is 0 Å². The molecule has 24 heavy (non-hydrogen) atoms. The van der Waals surface area contributed by atoms with Crippen molar-refractivity contribution in [3.8, 4) is 0 Å². The lowest BCUT2D eigenvalue weighted by atomic mass is 10.1. The maximum Gasteiger partial charge on any atom is 0.268 e. The van der Waals surface area contributed by atoms with Crippen LogP contribution in [0.15, 0.2) is 17.1 Å². The summed E-state index contributed by atoms with van der Waals surface area (Å²) in [5.74, 6) is 0.525. The molecule has 1 aromatic heterocycles. The van der Waals surface area contributed by atoms with Gasteiger partial charge in [-0.2, -0.15) is 5.10 Å². The second kappa shape index (κ2) is 8.28. The van der Waals surface area contributed by atoms with Gasteiger partial charge in [-0.25, -0.2) is 4.68 Å². The average Bonchev–Trinajstić information content (AvgIpc) is 3.02. The minimum Gasteiger partial charge on any atom is -0.370 e. The van der Waals surface area contributed by atoms with Crippen LogP contribution in [0.1, 0.15) is 26.7 Å². The third kappa shape index (κ3) is 5.06. The van der Waals surface area contributed by atoms with Crippen LogP contribution in [0.4, 0.5) is 5.69 Å². The summed E-state index contributed by atoms with van der Waals surface area (Å²) in [5, 5.41) is 7.10. The van der Waals surface area contributed by atoms with Crippen molar-refractivity contribution in [2.24, 2.45) is 13.0 Å². The first-order chi connectivity index (χ1) is 11.4. The number of carbonyl (C=O) groups is 1. The second-order valence-electron chi connectivity index (χ2n) is 6.90. The van der Waals surface area contributed by atoms with E-state index in [1.165, 1.54) is 4.68 Å². The van der Waals surface area contributed by atoms with Gasteiger partial charge in [0.15, 0.2) is 0 Å². The van der Waals surface area contributed by atoms with Crippen LogP contribution in [0.5, 0.6) is 0 Å². The molecular weight excluding hydrogens is 306 g/mol. The smallest absolute Gasteiger partial charge is 0.268 e. The van der Waals surface area contributed by atoms with Gasteiger partial charge >= 0.3 is 0 Å². The van der Waals surface area contributed by atoms with Gasteiger partial charge in [0.2, 0.25) is 5.91 Å². The van der Waals surface area contributed by atoms with Gasteiger partial charge in [0, 0.05) is 51.8 Å². The topological polar surface area (TPSA) is 70.5 Å². The molecule has 0 radical (unpaired) electrons. The van der Waals surface area contributed by atoms with Crippen LogP contribution in [0.2, 0.25) is 0 Å². The van der Waals surface area contributed by atoms with Gasteiger partial charge in [-0.05, 0) is 33.2 Å². The molecule has 1 N–H and O–H groups in total. The number of nitrogens with zero attached hydrogens (tertiary/aromatic N) is 4. The van der Waals surface area contributed by atoms with Crippen molar-refractivity contribution >= 4 is 11.6 Å². The summed E-state index contributed by atoms with van der Waals surface area (Å²) in [7, 11) is 3.68. The molecule has 0 aliphatic carbocycles. The molecule has 0 aromatic carbocycles. The number of hydrogen-bond acceptors (Lipinski definition) is 5. The molecule has 0 spiro atoms. The maximum atomic E-state index is 12.0. The zero-order valence-electron chi connectivity index (χ0n) is 15.2. The molecule has 0 bridgehead atoms. The summed E-state index contributed by atoms with van der Waals surface area (Å²) >= 11 is 0. The minimum absolute atomic E-state index is 0.0986. The Labute approximate surface area is 143 Å². The van der Waals surface area contributed by atoms with Crippen LogP contribution in [0.25, 0.3) is 0 Å². The van der Waals surface area contributed by atoms with Crippen LogP contribution in [0, 0.1) is 5.92 Å². The van der Waals surface area contributed by atoms with E-state index in [2.05, 4.69) is 34.1 Å². The molecule has 1 unspecified atom stereocenters. The second-order valence-corrected chi connectivity index (χ2v) is 6.90. The highest BCUT2D eigenvalue weighted by Crippen LogP contribution is 2.21. The maximum absolute atomic E-state index is 12.0. The number of carbonyl (C=O) groups excluding carboxylic acids is 1. The van der Waals surface area contributed by atoms with E-state index in [1.807, 2.05) is 7.05 Å². The number of amides is 1. The molecule has 1 atom stereocenters. The fourth-order valence-electron chi connectivity index (χ4n) is 2.75. The van der Waals surface area contributed by atoms with E-state index in [4.69, 9.17) is 0 Å². The average molecular weight is 335 g/mol. The van der Waals surface area contributed by atoms with Crippen molar-refractivity contribution in [3.63, 3.8) is 0 Å². The monoisotopic (exact) mass is 335 g/mol. The highest BCUT2D eigenvalue weighted by Gasteiger charge is 2.23. The number of rotatable bonds is 7. The molecule has 1 aliphatic heterocycles. The van der Waals surface area contributed by atoms with Crippen molar-refractivity contribution in [1.82, 2.24) is 20.0 Å². The molecule has 1 aliphatic rings. The Morgan fingerprint density at radius 3 is 2.92 bits per heavy atom. The fourth-order valence-corrected chi connectivity index (χ4v) is 2.75. The van der Waals surface area contributed by atoms with E-state index in [0.29, 0.717) is 24.9 Å². The third-order valence-electron chi connectivity index (χ3n) is 4.77. The molecule has 1 fully saturated rings. The van der Waals surface area contributed by atoms with Gasteiger partial charge < -0.3 is 15.1 Å². The van der Waals surface area contributed by atoms with E-state index in [0.717, 1.165) is 31.7 Å². The Kier molecular flexibility index (Phi) is 6.36. The molecular formula is C17H29N5O2. The largest absolute Gasteiger partial charge is 0.370 e. The molecule has 2 heterocycles. The minimum atomic E-state index is -0.0986. The summed E-state index contributed by atoms with van der Waals surface area (Å²) in [4.78, 5) is 28.0. The fraction of sp³-hybridized carbons (Fsp3) is 0.706. The Balaban J connectivity index is 1.74. The Morgan fingerprint density at radius 1 is 1.50 bits per heavy atom. The predicted octanol–water partition coefficient (Wildman–Crippen LogP) is 0.453. The van der Waals surface area contributed by atoms with Gasteiger partial charge in [-0.15, -0.1) is 0 Å². The van der Waals surface area contributed by atoms with Crippen molar-refractivity contribution < 1.29 is 4.79 Å². The summed E-state index contributed by atoms with van der Waals surface area (Å²) in [5.41, 5.74) is 0.768. The molecule has 7 nitrogen and oxygen atoms in total. The summed E-state index contributed by atoms with van der Waals surface area (Å²) in [6.07, 6.45) is 3.27. The predicted molar refractivity (Wildman–Crippen MR) is 95.2 cm³/mol. The van der Waals surface area contributed by atoms with Crippen LogP contribution in [-0.2, 0) is 11.8 Å². The van der Waals surface area contributed by atoms with Crippen LogP contribution < -0.4 is 15.8 Å². The van der Waals surface area contributed by atoms with Crippen molar-refractivity contribution in [2.45, 2.75) is 32.7 Å². The van der Waals surface area contributed by atoms with E-state index < -0.39 is 0 Å². The molecule has 134 valence electrons. The van der Waals surface area contributed by atoms with Crippen molar-refractivity contribution in [2.75, 3.05) is 38.1 Å². The Bertz CT molecular complexity index is 613. The zero-order valence-corrected chi connectivity index (χ0v) is 15.2. The first kappa shape index (κ1) is 18.4. The lowest BCUT2D eigenvalue weighted by Gasteiger charge is -2.21. The standard InChI is InChI=1S/C17H29N5O2/c1-13(2)20(3)7-6-16(23)18-10-14-5-8-22(12-14)15-9-17(24)21(4)19-11-15/h9,11,13-14H,5-8,10,12H2,1-4H3,(H,18,23). The van der Waals surface area contributed by atoms with Crippen LogP contribution in [-0.4, -0.2) is 59.9 Å². The Hall–Kier alpha value is -1.89. The first-order valence-corrected chi connectivity index (χ1v) is 8.62. The molecule has 1 amide bonds. The van der Waals surface area contributed by atoms with Crippen LogP contribution >= 0.6 is 0 Å². The van der Waals surface area contributed by atoms with Gasteiger partial charge in [-0.3, -0.25) is 9.59 Å². The highest BCUT2D eigenvalue weighted by atomic mass is 16.1. The zero-order chi connectivity index (χ0) is 17.7. The number of aryl methyl sites for hydroxylation is 1. The van der Waals surface area contributed by atoms with E-state index in [1.54, 1.807) is 19.3 Å². The van der Waals surface area contributed by atoms with Crippen LogP contribution in [0.3, 0.4) is 0 Å². The first-order valence-electron chi connectivity index (χ1n) is 8.62. The van der Waals surface area contributed by atoms with Gasteiger partial charge in [0.05, 0.1) is 11.9 Å². The lowest BCUT2D eigenvalue weighted by Crippen LogP contribution is -2.35. The van der Waals surface area contributed by atoms with Crippen molar-refractivity contribution in [1.29, 1.82) is 0 Å². The molecule has 1 aromatic rings. The normalized spacial score (nSPS) is 17.8. The molecule has 0 saturated carbocycles.